The highest BCUT2D eigenvalue weighted by atomic mass is 32.2. The number of methoxy groups -OCH3 is 1. The number of tetrazole rings is 1. The van der Waals surface area contributed by atoms with Gasteiger partial charge in [-0.05, 0) is 53.6 Å². The number of hydrogen-bond acceptors (Lipinski definition) is 7. The fraction of sp³-hybridized carbons (Fsp3) is 0.333. The zero-order chi connectivity index (χ0) is 23.4. The molecule has 8 nitrogen and oxygen atoms in total. The Hall–Kier alpha value is -3.28. The van der Waals surface area contributed by atoms with Crippen LogP contribution in [0.2, 0.25) is 0 Å². The quantitative estimate of drug-likeness (QED) is 0.514. The number of amides is 1. The highest BCUT2D eigenvalue weighted by Gasteiger charge is 2.32. The summed E-state index contributed by atoms with van der Waals surface area (Å²) in [6.45, 7) is 1.29. The van der Waals surface area contributed by atoms with Crippen LogP contribution in [0, 0.1) is 0 Å². The number of nitrogens with zero attached hydrogens (tertiary/aromatic N) is 5. The lowest BCUT2D eigenvalue weighted by Gasteiger charge is -2.23. The largest absolute Gasteiger partial charge is 0.494 e. The van der Waals surface area contributed by atoms with Crippen LogP contribution in [-0.4, -0.2) is 52.1 Å². The highest BCUT2D eigenvalue weighted by Crippen LogP contribution is 2.37. The van der Waals surface area contributed by atoms with Crippen molar-refractivity contribution < 1.29 is 22.7 Å². The Bertz CT molecular complexity index is 1130. The normalized spacial score (nSPS) is 13.9. The second-order valence-corrected chi connectivity index (χ2v) is 8.25. The second-order valence-electron chi connectivity index (χ2n) is 7.31. The van der Waals surface area contributed by atoms with E-state index in [1.807, 2.05) is 17.0 Å². The molecule has 3 aromatic rings. The molecule has 0 spiro atoms. The number of para-hydroxylation sites is 2. The van der Waals surface area contributed by atoms with E-state index in [1.165, 1.54) is 17.9 Å². The van der Waals surface area contributed by atoms with E-state index in [0.29, 0.717) is 41.1 Å². The maximum absolute atomic E-state index is 13.2. The van der Waals surface area contributed by atoms with Crippen molar-refractivity contribution in [3.8, 4) is 11.4 Å². The summed E-state index contributed by atoms with van der Waals surface area (Å²) >= 11 is 1.11. The van der Waals surface area contributed by atoms with Gasteiger partial charge in [-0.1, -0.05) is 23.9 Å². The molecule has 1 fully saturated rings. The zero-order valence-corrected chi connectivity index (χ0v) is 18.5. The summed E-state index contributed by atoms with van der Waals surface area (Å²) in [4.78, 5) is 14.5. The molecule has 1 saturated heterocycles. The zero-order valence-electron chi connectivity index (χ0n) is 17.7. The Labute approximate surface area is 192 Å². The lowest BCUT2D eigenvalue weighted by molar-refractivity contribution is -0.137. The van der Waals surface area contributed by atoms with Crippen LogP contribution in [0.25, 0.3) is 5.69 Å². The number of aromatic nitrogens is 4. The van der Waals surface area contributed by atoms with E-state index in [2.05, 4.69) is 20.8 Å². The van der Waals surface area contributed by atoms with Gasteiger partial charge in [-0.3, -0.25) is 4.79 Å². The maximum atomic E-state index is 13.2. The van der Waals surface area contributed by atoms with E-state index >= 15 is 0 Å². The number of nitrogens with one attached hydrogen (secondary N) is 1. The van der Waals surface area contributed by atoms with E-state index in [0.717, 1.165) is 36.7 Å². The van der Waals surface area contributed by atoms with Gasteiger partial charge in [0, 0.05) is 13.1 Å². The van der Waals surface area contributed by atoms with Crippen molar-refractivity contribution in [1.29, 1.82) is 0 Å². The van der Waals surface area contributed by atoms with Crippen molar-refractivity contribution in [3.63, 3.8) is 0 Å². The lowest BCUT2D eigenvalue weighted by atomic mass is 10.1. The molecular formula is C21H21F3N6O2S. The Morgan fingerprint density at radius 2 is 1.91 bits per heavy atom. The van der Waals surface area contributed by atoms with Gasteiger partial charge in [-0.2, -0.15) is 17.9 Å². The van der Waals surface area contributed by atoms with Crippen LogP contribution in [0.1, 0.15) is 18.4 Å². The molecule has 12 heteroatoms. The van der Waals surface area contributed by atoms with Crippen molar-refractivity contribution in [2.24, 2.45) is 0 Å². The number of anilines is 2. The number of ether oxygens (including phenoxy) is 1. The molecule has 33 heavy (non-hydrogen) atoms. The van der Waals surface area contributed by atoms with Crippen LogP contribution in [-0.2, 0) is 11.0 Å². The number of hydrogen-bond donors (Lipinski definition) is 1. The molecule has 0 atom stereocenters. The van der Waals surface area contributed by atoms with Gasteiger partial charge in [0.25, 0.3) is 0 Å². The number of thioether (sulfide) groups is 1. The van der Waals surface area contributed by atoms with Gasteiger partial charge >= 0.3 is 6.18 Å². The molecule has 1 amide bonds. The summed E-state index contributed by atoms with van der Waals surface area (Å²) in [5.41, 5.74) is 0.596. The van der Waals surface area contributed by atoms with Gasteiger partial charge in [-0.25, -0.2) is 0 Å². The Morgan fingerprint density at radius 1 is 1.15 bits per heavy atom. The first-order valence-electron chi connectivity index (χ1n) is 10.2. The minimum absolute atomic E-state index is 0.0318. The number of rotatable bonds is 7. The summed E-state index contributed by atoms with van der Waals surface area (Å²) in [7, 11) is 1.53. The summed E-state index contributed by atoms with van der Waals surface area (Å²) in [6, 6.07) is 10.5. The molecule has 1 aromatic heterocycles. The summed E-state index contributed by atoms with van der Waals surface area (Å²) in [6.07, 6.45) is -2.67. The van der Waals surface area contributed by atoms with Gasteiger partial charge in [0.05, 0.1) is 29.8 Å². The maximum Gasteiger partial charge on any atom is 0.416 e. The molecule has 1 aliphatic rings. The molecule has 0 radical (unpaired) electrons. The number of halogens is 3. The molecule has 1 N–H and O–H groups in total. The third-order valence-corrected chi connectivity index (χ3v) is 6.05. The number of benzene rings is 2. The molecule has 174 valence electrons. The van der Waals surface area contributed by atoms with Crippen LogP contribution >= 0.6 is 11.8 Å². The molecular weight excluding hydrogens is 457 g/mol. The minimum atomic E-state index is -4.46. The smallest absolute Gasteiger partial charge is 0.416 e. The fourth-order valence-corrected chi connectivity index (χ4v) is 4.26. The molecule has 0 unspecified atom stereocenters. The van der Waals surface area contributed by atoms with E-state index in [1.54, 1.807) is 12.1 Å². The van der Waals surface area contributed by atoms with E-state index in [9.17, 15) is 18.0 Å². The minimum Gasteiger partial charge on any atom is -0.494 e. The molecule has 4 rings (SSSR count). The first-order valence-corrected chi connectivity index (χ1v) is 11.2. The molecule has 1 aliphatic heterocycles. The third kappa shape index (κ3) is 5.21. The average molecular weight is 479 g/mol. The van der Waals surface area contributed by atoms with Crippen LogP contribution in [0.15, 0.2) is 47.6 Å². The number of carbonyl (C=O) groups excluding carboxylic acids is 1. The summed E-state index contributed by atoms with van der Waals surface area (Å²) in [5, 5.41) is 14.7. The first kappa shape index (κ1) is 22.9. The molecule has 0 saturated carbocycles. The first-order chi connectivity index (χ1) is 15.9. The van der Waals surface area contributed by atoms with Crippen molar-refractivity contribution in [2.45, 2.75) is 24.2 Å². The predicted molar refractivity (Wildman–Crippen MR) is 118 cm³/mol. The van der Waals surface area contributed by atoms with E-state index < -0.39 is 11.7 Å². The van der Waals surface area contributed by atoms with Gasteiger partial charge in [0.2, 0.25) is 11.1 Å². The lowest BCUT2D eigenvalue weighted by Crippen LogP contribution is -2.22. The average Bonchev–Trinajstić information content (AvgIpc) is 3.49. The summed E-state index contributed by atoms with van der Waals surface area (Å²) in [5.74, 6) is 0.154. The second kappa shape index (κ2) is 9.69. The SMILES string of the molecule is COc1ccccc1-n1nnnc1SCC(=O)Nc1ccc(C(F)(F)F)cc1N1CCCC1. The van der Waals surface area contributed by atoms with E-state index in [4.69, 9.17) is 4.74 Å². The van der Waals surface area contributed by atoms with Crippen molar-refractivity contribution >= 4 is 29.0 Å². The van der Waals surface area contributed by atoms with Gasteiger partial charge < -0.3 is 15.0 Å². The van der Waals surface area contributed by atoms with Gasteiger partial charge in [-0.15, -0.1) is 5.10 Å². The third-order valence-electron chi connectivity index (χ3n) is 5.13. The molecule has 0 aliphatic carbocycles. The standard InChI is InChI=1S/C21H21F3N6O2S/c1-32-18-7-3-2-6-16(18)30-20(26-27-28-30)33-13-19(31)25-15-9-8-14(21(22,23)24)12-17(15)29-10-4-5-11-29/h2-3,6-9,12H,4-5,10-11,13H2,1H3,(H,25,31). The highest BCUT2D eigenvalue weighted by molar-refractivity contribution is 7.99. The van der Waals surface area contributed by atoms with Crippen molar-refractivity contribution in [3.05, 3.63) is 48.0 Å². The number of alkyl halides is 3. The monoisotopic (exact) mass is 478 g/mol. The van der Waals surface area contributed by atoms with Crippen LogP contribution in [0.3, 0.4) is 0 Å². The topological polar surface area (TPSA) is 85.2 Å². The van der Waals surface area contributed by atoms with Crippen molar-refractivity contribution in [1.82, 2.24) is 20.2 Å². The van der Waals surface area contributed by atoms with E-state index in [-0.39, 0.29) is 11.7 Å². The summed E-state index contributed by atoms with van der Waals surface area (Å²) < 4.78 is 46.5. The molecule has 2 heterocycles. The molecule has 2 aromatic carbocycles. The Balaban J connectivity index is 1.49. The van der Waals surface area contributed by atoms with Gasteiger partial charge in [0.15, 0.2) is 0 Å². The Kier molecular flexibility index (Phi) is 6.72. The van der Waals surface area contributed by atoms with Gasteiger partial charge in [0.1, 0.15) is 11.4 Å². The predicted octanol–water partition coefficient (Wildman–Crippen LogP) is 4.02. The fourth-order valence-electron chi connectivity index (χ4n) is 3.57. The molecule has 0 bridgehead atoms. The van der Waals surface area contributed by atoms with Crippen LogP contribution < -0.4 is 15.0 Å². The van der Waals surface area contributed by atoms with Crippen LogP contribution in [0.5, 0.6) is 5.75 Å². The van der Waals surface area contributed by atoms with Crippen molar-refractivity contribution in [2.75, 3.05) is 36.2 Å². The Morgan fingerprint density at radius 3 is 2.64 bits per heavy atom. The number of carbonyl (C=O) groups is 1. The van der Waals surface area contributed by atoms with Crippen LogP contribution in [0.4, 0.5) is 24.5 Å².